The number of imide groups is 1. The number of alkyl carbamates (subject to hydrolysis) is 1. The average molecular weight is 445 g/mol. The highest BCUT2D eigenvalue weighted by Crippen LogP contribution is 2.26. The van der Waals surface area contributed by atoms with Gasteiger partial charge < -0.3 is 10.1 Å². The molecule has 2 rings (SSSR count). The van der Waals surface area contributed by atoms with Gasteiger partial charge in [0, 0.05) is 6.07 Å². The molecule has 0 aliphatic rings. The van der Waals surface area contributed by atoms with Crippen molar-refractivity contribution in [3.05, 3.63) is 70.0 Å². The van der Waals surface area contributed by atoms with Gasteiger partial charge >= 0.3 is 6.09 Å². The Hall–Kier alpha value is -3.82. The summed E-state index contributed by atoms with van der Waals surface area (Å²) in [6, 6.07) is 9.31. The van der Waals surface area contributed by atoms with Gasteiger partial charge in [-0.3, -0.25) is 19.7 Å². The monoisotopic (exact) mass is 445 g/mol. The van der Waals surface area contributed by atoms with E-state index in [0.717, 1.165) is 18.2 Å². The smallest absolute Gasteiger partial charge is 0.408 e. The molecule has 0 radical (unpaired) electrons. The number of benzene rings is 2. The normalized spacial score (nSPS) is 11.9. The molecule has 1 atom stereocenters. The molecule has 0 bridgehead atoms. The van der Waals surface area contributed by atoms with Crippen molar-refractivity contribution in [1.82, 2.24) is 5.32 Å². The van der Waals surface area contributed by atoms with Gasteiger partial charge in [0.1, 0.15) is 17.5 Å². The number of nitrogens with one attached hydrogen (secondary N) is 1. The van der Waals surface area contributed by atoms with Gasteiger partial charge in [-0.05, 0) is 45.4 Å². The predicted octanol–water partition coefficient (Wildman–Crippen LogP) is 4.21. The number of anilines is 1. The Morgan fingerprint density at radius 3 is 2.28 bits per heavy atom. The molecule has 1 N–H and O–H groups in total. The molecule has 0 saturated heterocycles. The lowest BCUT2D eigenvalue weighted by Gasteiger charge is -2.27. The molecule has 0 heterocycles. The third-order valence-corrected chi connectivity index (χ3v) is 4.24. The van der Waals surface area contributed by atoms with E-state index in [1.54, 1.807) is 45.9 Å². The molecule has 32 heavy (non-hydrogen) atoms. The summed E-state index contributed by atoms with van der Waals surface area (Å²) in [4.78, 5) is 49.9. The lowest BCUT2D eigenvalue weighted by atomic mass is 10.1. The Labute approximate surface area is 184 Å². The minimum absolute atomic E-state index is 0.0597. The zero-order valence-corrected chi connectivity index (χ0v) is 18.1. The standard InChI is InChI=1S/C22H24FN3O6/c1-5-16(24-21(29)32-22(2,3)4)19(27)25(14-10-7-6-8-11-14)20(28)18-15(23)12-9-13-17(18)26(30)31/h6-13,16H,5H2,1-4H3,(H,24,29)/t16-/m0/s1. The number of rotatable bonds is 6. The van der Waals surface area contributed by atoms with Crippen LogP contribution in [-0.2, 0) is 9.53 Å². The second-order valence-electron chi connectivity index (χ2n) is 7.81. The summed E-state index contributed by atoms with van der Waals surface area (Å²) in [6.07, 6.45) is -0.802. The molecule has 0 aliphatic carbocycles. The number of amides is 3. The van der Waals surface area contributed by atoms with Crippen molar-refractivity contribution in [2.75, 3.05) is 4.90 Å². The third kappa shape index (κ3) is 5.87. The molecule has 10 heteroatoms. The summed E-state index contributed by atoms with van der Waals surface area (Å²) in [5.41, 5.74) is -2.41. The van der Waals surface area contributed by atoms with Crippen LogP contribution in [0.25, 0.3) is 0 Å². The quantitative estimate of drug-likeness (QED) is 0.525. The lowest BCUT2D eigenvalue weighted by molar-refractivity contribution is -0.385. The molecule has 0 fully saturated rings. The fourth-order valence-electron chi connectivity index (χ4n) is 2.85. The lowest BCUT2D eigenvalue weighted by Crippen LogP contribution is -2.51. The number of nitro groups is 1. The highest BCUT2D eigenvalue weighted by Gasteiger charge is 2.36. The van der Waals surface area contributed by atoms with Crippen molar-refractivity contribution in [3.63, 3.8) is 0 Å². The van der Waals surface area contributed by atoms with E-state index in [0.29, 0.717) is 4.90 Å². The highest BCUT2D eigenvalue weighted by molar-refractivity contribution is 6.23. The largest absolute Gasteiger partial charge is 0.444 e. The summed E-state index contributed by atoms with van der Waals surface area (Å²) in [5, 5.41) is 13.8. The van der Waals surface area contributed by atoms with Crippen LogP contribution in [0.2, 0.25) is 0 Å². The van der Waals surface area contributed by atoms with Crippen molar-refractivity contribution >= 4 is 29.3 Å². The van der Waals surface area contributed by atoms with E-state index in [2.05, 4.69) is 5.32 Å². The molecule has 0 saturated carbocycles. The number of nitrogens with zero attached hydrogens (tertiary/aromatic N) is 2. The maximum absolute atomic E-state index is 14.5. The Bertz CT molecular complexity index is 1020. The van der Waals surface area contributed by atoms with Crippen LogP contribution in [-0.4, -0.2) is 34.5 Å². The summed E-state index contributed by atoms with van der Waals surface area (Å²) < 4.78 is 19.7. The van der Waals surface area contributed by atoms with Crippen molar-refractivity contribution < 1.29 is 28.4 Å². The Balaban J connectivity index is 2.51. The predicted molar refractivity (Wildman–Crippen MR) is 115 cm³/mol. The van der Waals surface area contributed by atoms with Crippen LogP contribution in [0.15, 0.2) is 48.5 Å². The number of carbonyl (C=O) groups excluding carboxylic acids is 3. The summed E-state index contributed by atoms with van der Waals surface area (Å²) in [6.45, 7) is 6.53. The summed E-state index contributed by atoms with van der Waals surface area (Å²) in [7, 11) is 0. The van der Waals surface area contributed by atoms with Gasteiger partial charge in [-0.15, -0.1) is 0 Å². The van der Waals surface area contributed by atoms with E-state index in [9.17, 15) is 28.9 Å². The molecule has 0 aliphatic heterocycles. The van der Waals surface area contributed by atoms with Crippen LogP contribution >= 0.6 is 0 Å². The van der Waals surface area contributed by atoms with Gasteiger partial charge in [0.15, 0.2) is 5.56 Å². The van der Waals surface area contributed by atoms with E-state index in [1.165, 1.54) is 12.1 Å². The maximum atomic E-state index is 14.5. The molecule has 0 spiro atoms. The summed E-state index contributed by atoms with van der Waals surface area (Å²) in [5.74, 6) is -3.27. The SMILES string of the molecule is CC[C@H](NC(=O)OC(C)(C)C)C(=O)N(C(=O)c1c(F)cccc1[N+](=O)[O-])c1ccccc1. The number of carbonyl (C=O) groups is 3. The fourth-order valence-corrected chi connectivity index (χ4v) is 2.85. The molecule has 0 unspecified atom stereocenters. The second kappa shape index (κ2) is 9.99. The van der Waals surface area contributed by atoms with E-state index >= 15 is 0 Å². The number of halogens is 1. The average Bonchev–Trinajstić information content (AvgIpc) is 2.71. The Morgan fingerprint density at radius 2 is 1.75 bits per heavy atom. The van der Waals surface area contributed by atoms with E-state index in [1.807, 2.05) is 0 Å². The zero-order valence-electron chi connectivity index (χ0n) is 18.1. The van der Waals surface area contributed by atoms with Crippen molar-refractivity contribution in [3.8, 4) is 0 Å². The number of nitro benzene ring substituents is 1. The first kappa shape index (κ1) is 24.4. The van der Waals surface area contributed by atoms with Gasteiger partial charge in [0.2, 0.25) is 0 Å². The van der Waals surface area contributed by atoms with Gasteiger partial charge in [-0.25, -0.2) is 14.1 Å². The van der Waals surface area contributed by atoms with Gasteiger partial charge in [-0.2, -0.15) is 0 Å². The van der Waals surface area contributed by atoms with Crippen molar-refractivity contribution in [1.29, 1.82) is 0 Å². The first-order valence-electron chi connectivity index (χ1n) is 9.82. The molecular formula is C22H24FN3O6. The molecule has 2 aromatic rings. The molecule has 3 amide bonds. The topological polar surface area (TPSA) is 119 Å². The van der Waals surface area contributed by atoms with Crippen molar-refractivity contribution in [2.45, 2.75) is 45.8 Å². The highest BCUT2D eigenvalue weighted by atomic mass is 19.1. The minimum Gasteiger partial charge on any atom is -0.444 e. The van der Waals surface area contributed by atoms with Gasteiger partial charge in [-0.1, -0.05) is 31.2 Å². The Morgan fingerprint density at radius 1 is 1.12 bits per heavy atom. The van der Waals surface area contributed by atoms with Crippen LogP contribution in [0.4, 0.5) is 20.6 Å². The number of hydrogen-bond donors (Lipinski definition) is 1. The third-order valence-electron chi connectivity index (χ3n) is 4.24. The van der Waals surface area contributed by atoms with Crippen LogP contribution in [0.3, 0.4) is 0 Å². The van der Waals surface area contributed by atoms with Gasteiger partial charge in [0.25, 0.3) is 17.5 Å². The summed E-state index contributed by atoms with van der Waals surface area (Å²) >= 11 is 0. The fraction of sp³-hybridized carbons (Fsp3) is 0.318. The van der Waals surface area contributed by atoms with Crippen LogP contribution in [0.5, 0.6) is 0 Å². The molecule has 0 aromatic heterocycles. The minimum atomic E-state index is -1.23. The Kier molecular flexibility index (Phi) is 7.63. The van der Waals surface area contributed by atoms with Gasteiger partial charge in [0.05, 0.1) is 10.6 Å². The molecule has 2 aromatic carbocycles. The first-order chi connectivity index (χ1) is 15.0. The zero-order chi connectivity index (χ0) is 24.1. The van der Waals surface area contributed by atoms with Crippen LogP contribution in [0, 0.1) is 15.9 Å². The first-order valence-corrected chi connectivity index (χ1v) is 9.82. The van der Waals surface area contributed by atoms with E-state index in [4.69, 9.17) is 4.74 Å². The second-order valence-corrected chi connectivity index (χ2v) is 7.81. The number of hydrogen-bond acceptors (Lipinski definition) is 6. The molecule has 170 valence electrons. The number of para-hydroxylation sites is 1. The van der Waals surface area contributed by atoms with Crippen molar-refractivity contribution in [2.24, 2.45) is 0 Å². The van der Waals surface area contributed by atoms with Crippen LogP contribution in [0.1, 0.15) is 44.5 Å². The maximum Gasteiger partial charge on any atom is 0.408 e. The van der Waals surface area contributed by atoms with E-state index < -0.39 is 51.5 Å². The molecule has 9 nitrogen and oxygen atoms in total. The molecular weight excluding hydrogens is 421 g/mol. The number of ether oxygens (including phenoxy) is 1. The van der Waals surface area contributed by atoms with Crippen LogP contribution < -0.4 is 10.2 Å². The van der Waals surface area contributed by atoms with E-state index in [-0.39, 0.29) is 12.1 Å².